The van der Waals surface area contributed by atoms with E-state index in [-0.39, 0.29) is 5.82 Å². The van der Waals surface area contributed by atoms with Crippen LogP contribution in [0.4, 0.5) is 10.2 Å². The van der Waals surface area contributed by atoms with Gasteiger partial charge in [0.05, 0.1) is 0 Å². The Labute approximate surface area is 95.9 Å². The molecule has 0 aliphatic heterocycles. The number of halogens is 1. The van der Waals surface area contributed by atoms with E-state index in [0.717, 1.165) is 0 Å². The Morgan fingerprint density at radius 2 is 1.94 bits per heavy atom. The van der Waals surface area contributed by atoms with Crippen molar-refractivity contribution in [2.75, 3.05) is 5.73 Å². The van der Waals surface area contributed by atoms with Gasteiger partial charge in [0, 0.05) is 5.39 Å². The fourth-order valence-electron chi connectivity index (χ4n) is 1.61. The molecule has 0 saturated carbocycles. The molecule has 0 fully saturated rings. The maximum atomic E-state index is 13.0. The van der Waals surface area contributed by atoms with Gasteiger partial charge in [0.1, 0.15) is 22.9 Å². The van der Waals surface area contributed by atoms with Crippen LogP contribution in [0, 0.1) is 5.82 Å². The fourth-order valence-corrected chi connectivity index (χ4v) is 1.61. The Morgan fingerprint density at radius 1 is 1.06 bits per heavy atom. The minimum atomic E-state index is -0.298. The molecule has 84 valence electrons. The van der Waals surface area contributed by atoms with Crippen LogP contribution in [-0.2, 0) is 0 Å². The molecule has 1 aromatic carbocycles. The normalized spacial score (nSPS) is 10.9. The van der Waals surface area contributed by atoms with Crippen LogP contribution < -0.4 is 5.73 Å². The molecule has 2 aromatic heterocycles. The molecule has 3 aromatic rings. The Hall–Kier alpha value is -2.43. The zero-order valence-electron chi connectivity index (χ0n) is 8.72. The van der Waals surface area contributed by atoms with E-state index in [4.69, 9.17) is 10.2 Å². The van der Waals surface area contributed by atoms with E-state index in [2.05, 4.69) is 10.2 Å². The number of nitrogens with zero attached hydrogens (tertiary/aromatic N) is 2. The lowest BCUT2D eigenvalue weighted by Crippen LogP contribution is -1.92. The Bertz CT molecular complexity index is 676. The van der Waals surface area contributed by atoms with Crippen molar-refractivity contribution in [3.63, 3.8) is 0 Å². The topological polar surface area (TPSA) is 64.9 Å². The number of aromatic nitrogens is 2. The van der Waals surface area contributed by atoms with E-state index in [1.165, 1.54) is 12.1 Å². The van der Waals surface area contributed by atoms with Crippen molar-refractivity contribution in [1.82, 2.24) is 10.2 Å². The van der Waals surface area contributed by atoms with Crippen LogP contribution in [0.15, 0.2) is 40.8 Å². The average molecular weight is 229 g/mol. The summed E-state index contributed by atoms with van der Waals surface area (Å²) in [7, 11) is 0. The Kier molecular flexibility index (Phi) is 2.04. The van der Waals surface area contributed by atoms with Gasteiger partial charge in [-0.3, -0.25) is 0 Å². The van der Waals surface area contributed by atoms with Crippen LogP contribution in [0.2, 0.25) is 0 Å². The van der Waals surface area contributed by atoms with Gasteiger partial charge in [-0.1, -0.05) is 0 Å². The molecule has 0 aliphatic rings. The summed E-state index contributed by atoms with van der Waals surface area (Å²) in [5.74, 6) is 0.585. The van der Waals surface area contributed by atoms with Crippen LogP contribution >= 0.6 is 0 Å². The molecule has 0 saturated heterocycles. The molecule has 4 nitrogen and oxygen atoms in total. The molecular weight excluding hydrogens is 221 g/mol. The first-order chi connectivity index (χ1) is 8.22. The van der Waals surface area contributed by atoms with Crippen molar-refractivity contribution < 1.29 is 8.81 Å². The number of hydrogen-bond acceptors (Lipinski definition) is 4. The number of anilines is 1. The third kappa shape index (κ3) is 1.71. The third-order valence-corrected chi connectivity index (χ3v) is 2.42. The number of hydrogen-bond donors (Lipinski definition) is 1. The van der Waals surface area contributed by atoms with E-state index in [1.54, 1.807) is 24.3 Å². The highest BCUT2D eigenvalue weighted by atomic mass is 19.1. The van der Waals surface area contributed by atoms with Gasteiger partial charge >= 0.3 is 0 Å². The van der Waals surface area contributed by atoms with Crippen LogP contribution in [-0.4, -0.2) is 10.2 Å². The molecular formula is C12H8FN3O. The average Bonchev–Trinajstić information content (AvgIpc) is 2.72. The van der Waals surface area contributed by atoms with Crippen LogP contribution in [0.1, 0.15) is 0 Å². The lowest BCUT2D eigenvalue weighted by atomic mass is 10.2. The van der Waals surface area contributed by atoms with E-state index in [0.29, 0.717) is 28.2 Å². The lowest BCUT2D eigenvalue weighted by molar-refractivity contribution is 0.617. The van der Waals surface area contributed by atoms with Crippen molar-refractivity contribution >= 4 is 16.8 Å². The van der Waals surface area contributed by atoms with E-state index < -0.39 is 0 Å². The number of benzene rings is 1. The fraction of sp³-hybridized carbons (Fsp3) is 0. The molecule has 3 rings (SSSR count). The maximum Gasteiger partial charge on any atom is 0.155 e. The van der Waals surface area contributed by atoms with Crippen molar-refractivity contribution in [3.8, 4) is 11.5 Å². The van der Waals surface area contributed by atoms with Gasteiger partial charge in [-0.2, -0.15) is 0 Å². The van der Waals surface area contributed by atoms with Crippen LogP contribution in [0.25, 0.3) is 22.4 Å². The summed E-state index contributed by atoms with van der Waals surface area (Å²) >= 11 is 0. The van der Waals surface area contributed by atoms with Gasteiger partial charge in [-0.25, -0.2) is 4.39 Å². The first-order valence-electron chi connectivity index (χ1n) is 5.01. The minimum Gasteiger partial charge on any atom is -0.454 e. The summed E-state index contributed by atoms with van der Waals surface area (Å²) in [5.41, 5.74) is 6.62. The monoisotopic (exact) mass is 229 g/mol. The molecule has 0 radical (unpaired) electrons. The van der Waals surface area contributed by atoms with Gasteiger partial charge in [-0.05, 0) is 36.4 Å². The van der Waals surface area contributed by atoms with Gasteiger partial charge in [0.2, 0.25) is 0 Å². The highest BCUT2D eigenvalue weighted by Gasteiger charge is 2.08. The van der Waals surface area contributed by atoms with Gasteiger partial charge in [-0.15, -0.1) is 10.2 Å². The molecule has 0 spiro atoms. The predicted molar refractivity (Wildman–Crippen MR) is 61.6 cm³/mol. The van der Waals surface area contributed by atoms with Crippen molar-refractivity contribution in [3.05, 3.63) is 42.2 Å². The number of fused-ring (bicyclic) bond motifs is 1. The molecule has 2 heterocycles. The summed E-state index contributed by atoms with van der Waals surface area (Å²) in [6.45, 7) is 0. The van der Waals surface area contributed by atoms with Gasteiger partial charge in [0.15, 0.2) is 5.76 Å². The molecule has 0 aliphatic carbocycles. The number of rotatable bonds is 1. The summed E-state index contributed by atoms with van der Waals surface area (Å²) in [5, 5.41) is 8.33. The summed E-state index contributed by atoms with van der Waals surface area (Å²) < 4.78 is 18.6. The Balaban J connectivity index is 2.14. The van der Waals surface area contributed by atoms with E-state index in [9.17, 15) is 4.39 Å². The second-order valence-electron chi connectivity index (χ2n) is 3.64. The largest absolute Gasteiger partial charge is 0.454 e. The SMILES string of the molecule is Nc1ccc(-c2cc3cc(F)ccc3o2)nn1. The van der Waals surface area contributed by atoms with Gasteiger partial charge < -0.3 is 10.2 Å². The maximum absolute atomic E-state index is 13.0. The lowest BCUT2D eigenvalue weighted by Gasteiger charge is -1.94. The highest BCUT2D eigenvalue weighted by molar-refractivity contribution is 5.82. The first kappa shape index (κ1) is 9.77. The second kappa shape index (κ2) is 3.55. The zero-order chi connectivity index (χ0) is 11.8. The molecule has 0 atom stereocenters. The number of nitrogen functional groups attached to an aromatic ring is 1. The van der Waals surface area contributed by atoms with Crippen LogP contribution in [0.3, 0.4) is 0 Å². The summed E-state index contributed by atoms with van der Waals surface area (Å²) in [6.07, 6.45) is 0. The van der Waals surface area contributed by atoms with Crippen molar-refractivity contribution in [2.24, 2.45) is 0 Å². The summed E-state index contributed by atoms with van der Waals surface area (Å²) in [6, 6.07) is 9.40. The molecule has 2 N–H and O–H groups in total. The minimum absolute atomic E-state index is 0.298. The second-order valence-corrected chi connectivity index (χ2v) is 3.64. The molecule has 17 heavy (non-hydrogen) atoms. The molecule has 0 bridgehead atoms. The van der Waals surface area contributed by atoms with Gasteiger partial charge in [0.25, 0.3) is 0 Å². The molecule has 0 unspecified atom stereocenters. The highest BCUT2D eigenvalue weighted by Crippen LogP contribution is 2.26. The van der Waals surface area contributed by atoms with Crippen molar-refractivity contribution in [1.29, 1.82) is 0 Å². The number of nitrogens with two attached hydrogens (primary N) is 1. The number of furan rings is 1. The quantitative estimate of drug-likeness (QED) is 0.696. The standard InChI is InChI=1S/C12H8FN3O/c13-8-1-3-10-7(5-8)6-11(17-10)9-2-4-12(14)16-15-9/h1-6H,(H2,14,16). The predicted octanol–water partition coefficient (Wildman–Crippen LogP) is 2.61. The first-order valence-corrected chi connectivity index (χ1v) is 5.01. The molecule has 5 heteroatoms. The van der Waals surface area contributed by atoms with Crippen molar-refractivity contribution in [2.45, 2.75) is 0 Å². The third-order valence-electron chi connectivity index (χ3n) is 2.42. The smallest absolute Gasteiger partial charge is 0.155 e. The molecule has 0 amide bonds. The summed E-state index contributed by atoms with van der Waals surface area (Å²) in [4.78, 5) is 0. The zero-order valence-corrected chi connectivity index (χ0v) is 8.72. The van der Waals surface area contributed by atoms with Crippen LogP contribution in [0.5, 0.6) is 0 Å². The van der Waals surface area contributed by atoms with E-state index >= 15 is 0 Å². The van der Waals surface area contributed by atoms with E-state index in [1.807, 2.05) is 0 Å². The Morgan fingerprint density at radius 3 is 2.71 bits per heavy atom.